The van der Waals surface area contributed by atoms with Crippen LogP contribution in [-0.4, -0.2) is 84.7 Å². The molecule has 10 nitrogen and oxygen atoms in total. The van der Waals surface area contributed by atoms with Crippen molar-refractivity contribution in [1.82, 2.24) is 15.5 Å². The van der Waals surface area contributed by atoms with Gasteiger partial charge >= 0.3 is 5.97 Å². The molecule has 36 heavy (non-hydrogen) atoms. The van der Waals surface area contributed by atoms with Crippen LogP contribution in [0.4, 0.5) is 0 Å². The van der Waals surface area contributed by atoms with E-state index in [-0.39, 0.29) is 37.1 Å². The minimum absolute atomic E-state index is 0.182. The van der Waals surface area contributed by atoms with Crippen molar-refractivity contribution in [3.05, 3.63) is 35.4 Å². The van der Waals surface area contributed by atoms with Gasteiger partial charge in [0.15, 0.2) is 0 Å². The van der Waals surface area contributed by atoms with Crippen LogP contribution < -0.4 is 16.4 Å². The molecular formula is C24H38N4O6S2. The number of sulfone groups is 1. The van der Waals surface area contributed by atoms with Crippen LogP contribution in [-0.2, 0) is 37.2 Å². The summed E-state index contributed by atoms with van der Waals surface area (Å²) in [5, 5.41) is 15.3. The number of rotatable bonds is 11. The first-order chi connectivity index (χ1) is 16.6. The van der Waals surface area contributed by atoms with Crippen LogP contribution in [0.5, 0.6) is 0 Å². The minimum atomic E-state index is -3.42. The molecular weight excluding hydrogens is 504 g/mol. The van der Waals surface area contributed by atoms with Crippen molar-refractivity contribution in [2.45, 2.75) is 64.3 Å². The molecule has 1 aromatic rings. The molecule has 0 fully saturated rings. The van der Waals surface area contributed by atoms with Gasteiger partial charge in [-0.25, -0.2) is 13.2 Å². The Labute approximate surface area is 218 Å². The molecule has 1 aliphatic heterocycles. The summed E-state index contributed by atoms with van der Waals surface area (Å²) in [6.07, 6.45) is 0.940. The molecule has 2 rings (SSSR count). The monoisotopic (exact) mass is 542 g/mol. The van der Waals surface area contributed by atoms with Gasteiger partial charge in [-0.3, -0.25) is 9.59 Å². The highest BCUT2D eigenvalue weighted by Crippen LogP contribution is 2.28. The number of nitrogens with one attached hydrogen (secondary N) is 2. The smallest absolute Gasteiger partial charge is 0.326 e. The van der Waals surface area contributed by atoms with Gasteiger partial charge < -0.3 is 26.4 Å². The van der Waals surface area contributed by atoms with Crippen molar-refractivity contribution in [3.8, 4) is 0 Å². The third-order valence-corrected chi connectivity index (χ3v) is 7.60. The molecule has 0 radical (unpaired) electrons. The summed E-state index contributed by atoms with van der Waals surface area (Å²) in [7, 11) is -3.42. The number of amides is 2. The SMILES string of the molecule is CC(C)(C)[C@H](NC[C@@H](N)CS)C(=O)N1Cc2ccccc2C[C@H]1C(=O)N[C@H](CCS(C)(=O)=O)C(=O)O. The van der Waals surface area contributed by atoms with Gasteiger partial charge in [0, 0.05) is 37.6 Å². The first-order valence-electron chi connectivity index (χ1n) is 11.8. The first kappa shape index (κ1) is 30.1. The maximum atomic E-state index is 13.9. The molecule has 0 spiro atoms. The largest absolute Gasteiger partial charge is 0.480 e. The molecule has 4 atom stereocenters. The van der Waals surface area contributed by atoms with E-state index in [0.29, 0.717) is 12.3 Å². The molecule has 0 aromatic heterocycles. The van der Waals surface area contributed by atoms with Crippen LogP contribution in [0, 0.1) is 5.41 Å². The molecule has 202 valence electrons. The van der Waals surface area contributed by atoms with Gasteiger partial charge in [0.2, 0.25) is 11.8 Å². The van der Waals surface area contributed by atoms with E-state index >= 15 is 0 Å². The summed E-state index contributed by atoms with van der Waals surface area (Å²) in [5.74, 6) is -2.23. The fourth-order valence-corrected chi connectivity index (χ4v) is 4.90. The van der Waals surface area contributed by atoms with E-state index in [9.17, 15) is 27.9 Å². The van der Waals surface area contributed by atoms with E-state index in [1.165, 1.54) is 4.90 Å². The lowest BCUT2D eigenvalue weighted by molar-refractivity contribution is -0.147. The first-order valence-corrected chi connectivity index (χ1v) is 14.5. The lowest BCUT2D eigenvalue weighted by atomic mass is 9.84. The third-order valence-electron chi connectivity index (χ3n) is 6.16. The average Bonchev–Trinajstić information content (AvgIpc) is 2.78. The number of benzene rings is 1. The summed E-state index contributed by atoms with van der Waals surface area (Å²) in [6.45, 7) is 6.26. The van der Waals surface area contributed by atoms with E-state index in [2.05, 4.69) is 23.3 Å². The van der Waals surface area contributed by atoms with Gasteiger partial charge in [-0.05, 0) is 23.0 Å². The molecule has 5 N–H and O–H groups in total. The number of carboxylic acid groups (broad SMARTS) is 1. The minimum Gasteiger partial charge on any atom is -0.480 e. The van der Waals surface area contributed by atoms with Crippen LogP contribution in [0.2, 0.25) is 0 Å². The van der Waals surface area contributed by atoms with Gasteiger partial charge in [0.25, 0.3) is 0 Å². The second-order valence-electron chi connectivity index (χ2n) is 10.4. The topological polar surface area (TPSA) is 159 Å². The second kappa shape index (κ2) is 12.4. The van der Waals surface area contributed by atoms with Crippen molar-refractivity contribution in [1.29, 1.82) is 0 Å². The van der Waals surface area contributed by atoms with E-state index in [0.717, 1.165) is 17.4 Å². The van der Waals surface area contributed by atoms with Gasteiger partial charge in [0.1, 0.15) is 21.9 Å². The molecule has 0 unspecified atom stereocenters. The predicted molar refractivity (Wildman–Crippen MR) is 141 cm³/mol. The molecule has 1 aliphatic rings. The zero-order chi connectivity index (χ0) is 27.3. The fourth-order valence-electron chi connectivity index (χ4n) is 4.11. The molecule has 0 aliphatic carbocycles. The Morgan fingerprint density at radius 2 is 1.83 bits per heavy atom. The maximum absolute atomic E-state index is 13.9. The van der Waals surface area contributed by atoms with Crippen LogP contribution >= 0.6 is 12.6 Å². The molecule has 0 saturated carbocycles. The summed E-state index contributed by atoms with van der Waals surface area (Å²) < 4.78 is 23.1. The summed E-state index contributed by atoms with van der Waals surface area (Å²) >= 11 is 4.20. The van der Waals surface area contributed by atoms with Crippen molar-refractivity contribution in [3.63, 3.8) is 0 Å². The third kappa shape index (κ3) is 8.46. The number of hydrogen-bond acceptors (Lipinski definition) is 8. The Kier molecular flexibility index (Phi) is 10.4. The molecule has 0 saturated heterocycles. The zero-order valence-electron chi connectivity index (χ0n) is 21.2. The second-order valence-corrected chi connectivity index (χ2v) is 13.0. The number of aliphatic carboxylic acids is 1. The highest BCUT2D eigenvalue weighted by molar-refractivity contribution is 7.90. The average molecular weight is 543 g/mol. The highest BCUT2D eigenvalue weighted by atomic mass is 32.2. The van der Waals surface area contributed by atoms with Crippen LogP contribution in [0.25, 0.3) is 0 Å². The van der Waals surface area contributed by atoms with Crippen LogP contribution in [0.3, 0.4) is 0 Å². The van der Waals surface area contributed by atoms with Crippen molar-refractivity contribution < 1.29 is 27.9 Å². The van der Waals surface area contributed by atoms with Crippen LogP contribution in [0.15, 0.2) is 24.3 Å². The lowest BCUT2D eigenvalue weighted by Crippen LogP contribution is -2.61. The van der Waals surface area contributed by atoms with E-state index in [1.807, 2.05) is 45.0 Å². The zero-order valence-corrected chi connectivity index (χ0v) is 22.9. The van der Waals surface area contributed by atoms with E-state index in [4.69, 9.17) is 5.73 Å². The van der Waals surface area contributed by atoms with Gasteiger partial charge in [0.05, 0.1) is 11.8 Å². The lowest BCUT2D eigenvalue weighted by Gasteiger charge is -2.41. The number of hydrogen-bond donors (Lipinski definition) is 5. The van der Waals surface area contributed by atoms with Crippen LogP contribution in [0.1, 0.15) is 38.3 Å². The quantitative estimate of drug-likeness (QED) is 0.248. The Hall–Kier alpha value is -2.15. The molecule has 1 heterocycles. The normalized spacial score (nSPS) is 18.6. The van der Waals surface area contributed by atoms with Crippen molar-refractivity contribution in [2.24, 2.45) is 11.1 Å². The summed E-state index contributed by atoms with van der Waals surface area (Å²) in [5.41, 5.74) is 7.28. The standard InChI is InChI=1S/C24H38N4O6S2/c1-24(2,3)20(26-12-17(25)14-35)22(30)28-13-16-8-6-5-7-15(16)11-19(28)21(29)27-18(23(31)32)9-10-36(4,33)34/h5-8,17-20,26,35H,9-14,25H2,1-4H3,(H,27,29)(H,31,32)/t17-,18-,19+,20-/m1/s1. The number of carboxylic acids is 1. The number of carbonyl (C=O) groups excluding carboxylic acids is 2. The Bertz CT molecular complexity index is 1060. The van der Waals surface area contributed by atoms with Gasteiger partial charge in [-0.1, -0.05) is 45.0 Å². The predicted octanol–water partition coefficient (Wildman–Crippen LogP) is 0.205. The van der Waals surface area contributed by atoms with Crippen molar-refractivity contribution in [2.75, 3.05) is 24.3 Å². The number of thiol groups is 1. The molecule has 12 heteroatoms. The maximum Gasteiger partial charge on any atom is 0.326 e. The van der Waals surface area contributed by atoms with Gasteiger partial charge in [-0.15, -0.1) is 0 Å². The number of nitrogens with two attached hydrogens (primary N) is 1. The van der Waals surface area contributed by atoms with E-state index < -0.39 is 45.3 Å². The van der Waals surface area contributed by atoms with Gasteiger partial charge in [-0.2, -0.15) is 12.6 Å². The number of carbonyl (C=O) groups is 3. The Morgan fingerprint density at radius 1 is 1.22 bits per heavy atom. The molecule has 2 amide bonds. The molecule has 1 aromatic carbocycles. The molecule has 0 bridgehead atoms. The Morgan fingerprint density at radius 3 is 2.36 bits per heavy atom. The Balaban J connectivity index is 2.36. The number of fused-ring (bicyclic) bond motifs is 1. The van der Waals surface area contributed by atoms with Crippen molar-refractivity contribution >= 4 is 40.2 Å². The highest BCUT2D eigenvalue weighted by Gasteiger charge is 2.41. The number of nitrogens with zero attached hydrogens (tertiary/aromatic N) is 1. The fraction of sp³-hybridized carbons (Fsp3) is 0.625. The summed E-state index contributed by atoms with van der Waals surface area (Å²) in [6, 6.07) is 4.19. The summed E-state index contributed by atoms with van der Waals surface area (Å²) in [4.78, 5) is 40.5. The van der Waals surface area contributed by atoms with E-state index in [1.54, 1.807) is 0 Å².